The van der Waals surface area contributed by atoms with Crippen molar-refractivity contribution >= 4 is 19.7 Å². The van der Waals surface area contributed by atoms with Gasteiger partial charge in [-0.3, -0.25) is 0 Å². The zero-order valence-corrected chi connectivity index (χ0v) is 24.5. The highest BCUT2D eigenvalue weighted by atomic mass is 32.2. The van der Waals surface area contributed by atoms with Gasteiger partial charge in [-0.15, -0.1) is 0 Å². The first kappa shape index (κ1) is 27.4. The van der Waals surface area contributed by atoms with E-state index in [1.54, 1.807) is 0 Å². The predicted molar refractivity (Wildman–Crippen MR) is 149 cm³/mol. The summed E-state index contributed by atoms with van der Waals surface area (Å²) in [5, 5.41) is 0. The first-order chi connectivity index (χ1) is 16.5. The van der Waals surface area contributed by atoms with Gasteiger partial charge >= 0.3 is 0 Å². The topological polar surface area (TPSA) is 68.3 Å². The van der Waals surface area contributed by atoms with E-state index >= 15 is 0 Å². The van der Waals surface area contributed by atoms with Gasteiger partial charge in [-0.1, -0.05) is 72.2 Å². The van der Waals surface area contributed by atoms with Crippen LogP contribution in [-0.2, 0) is 61.3 Å². The van der Waals surface area contributed by atoms with Crippen LogP contribution in [0.15, 0.2) is 24.3 Å². The molecule has 6 heteroatoms. The summed E-state index contributed by atoms with van der Waals surface area (Å²) in [5.41, 5.74) is 8.66. The Bertz CT molecular complexity index is 1260. The second-order valence-electron chi connectivity index (χ2n) is 13.0. The van der Waals surface area contributed by atoms with Crippen molar-refractivity contribution in [3.63, 3.8) is 0 Å². The minimum atomic E-state index is -3.29. The fourth-order valence-corrected chi connectivity index (χ4v) is 8.61. The number of rotatable bonds is 0. The van der Waals surface area contributed by atoms with Crippen LogP contribution in [0, 0.1) is 0 Å². The van der Waals surface area contributed by atoms with Gasteiger partial charge in [-0.25, -0.2) is 16.8 Å². The molecule has 0 unspecified atom stereocenters. The maximum Gasteiger partial charge on any atom is 0.154 e. The van der Waals surface area contributed by atoms with E-state index in [0.29, 0.717) is 25.7 Å². The molecule has 0 saturated carbocycles. The van der Waals surface area contributed by atoms with Gasteiger partial charge in [0.25, 0.3) is 0 Å². The lowest BCUT2D eigenvalue weighted by Crippen LogP contribution is -2.17. The van der Waals surface area contributed by atoms with Gasteiger partial charge in [-0.2, -0.15) is 0 Å². The molecule has 2 aromatic carbocycles. The van der Waals surface area contributed by atoms with Gasteiger partial charge in [-0.05, 0) is 87.4 Å². The van der Waals surface area contributed by atoms with E-state index in [1.165, 1.54) is 11.1 Å². The third-order valence-corrected chi connectivity index (χ3v) is 11.1. The molecule has 1 aliphatic carbocycles. The van der Waals surface area contributed by atoms with Crippen LogP contribution in [0.25, 0.3) is 0 Å². The zero-order chi connectivity index (χ0) is 26.5. The Morgan fingerprint density at radius 3 is 1.28 bits per heavy atom. The van der Waals surface area contributed by atoms with Crippen molar-refractivity contribution < 1.29 is 16.8 Å². The summed E-state index contributed by atoms with van der Waals surface area (Å²) < 4.78 is 52.6. The predicted octanol–water partition coefficient (Wildman–Crippen LogP) is 5.98. The molecule has 0 N–H and O–H groups in total. The molecule has 1 aliphatic heterocycles. The lowest BCUT2D eigenvalue weighted by Gasteiger charge is -2.25. The van der Waals surface area contributed by atoms with Crippen molar-refractivity contribution in [2.24, 2.45) is 0 Å². The molecule has 0 fully saturated rings. The lowest BCUT2D eigenvalue weighted by molar-refractivity contribution is 0.581. The Morgan fingerprint density at radius 1 is 0.556 bits per heavy atom. The molecule has 0 spiro atoms. The minimum absolute atomic E-state index is 0.0635. The molecule has 0 saturated heterocycles. The van der Waals surface area contributed by atoms with Crippen molar-refractivity contribution in [1.82, 2.24) is 0 Å². The number of hydrogen-bond donors (Lipinski definition) is 0. The molecule has 0 atom stereocenters. The van der Waals surface area contributed by atoms with Gasteiger partial charge < -0.3 is 0 Å². The molecule has 4 nitrogen and oxygen atoms in total. The number of sulfone groups is 2. The molecule has 4 rings (SSSR count). The van der Waals surface area contributed by atoms with E-state index in [2.05, 4.69) is 65.8 Å². The molecule has 0 amide bonds. The Balaban J connectivity index is 1.97. The van der Waals surface area contributed by atoms with Crippen LogP contribution in [-0.4, -0.2) is 28.3 Å². The zero-order valence-electron chi connectivity index (χ0n) is 22.8. The first-order valence-corrected chi connectivity index (χ1v) is 16.9. The average Bonchev–Trinajstić information content (AvgIpc) is 2.90. The van der Waals surface area contributed by atoms with E-state index < -0.39 is 19.7 Å². The van der Waals surface area contributed by atoms with E-state index in [4.69, 9.17) is 0 Å². The Kier molecular flexibility index (Phi) is 7.28. The number of benzene rings is 2. The first-order valence-electron chi connectivity index (χ1n) is 13.3. The third-order valence-electron chi connectivity index (χ3n) is 7.77. The second-order valence-corrected chi connectivity index (χ2v) is 17.3. The van der Waals surface area contributed by atoms with Crippen LogP contribution in [0.1, 0.15) is 105 Å². The SMILES string of the molecule is CC(C)(C)c1cc2c3c(c1)CS(=O)(=O)CCCCCS(=O)(=O)Cc1cc(C(C)(C)C)cc(c1CC3)C2. The van der Waals surface area contributed by atoms with Gasteiger partial charge in [0.05, 0.1) is 23.0 Å². The summed E-state index contributed by atoms with van der Waals surface area (Å²) in [4.78, 5) is 0. The summed E-state index contributed by atoms with van der Waals surface area (Å²) >= 11 is 0. The summed E-state index contributed by atoms with van der Waals surface area (Å²) in [6, 6.07) is 8.78. The highest BCUT2D eigenvalue weighted by Crippen LogP contribution is 2.37. The Hall–Kier alpha value is -1.66. The lowest BCUT2D eigenvalue weighted by atomic mass is 9.81. The van der Waals surface area contributed by atoms with Crippen molar-refractivity contribution in [3.05, 3.63) is 68.8 Å². The summed E-state index contributed by atoms with van der Waals surface area (Å²) in [7, 11) is -6.58. The van der Waals surface area contributed by atoms with Gasteiger partial charge in [0.1, 0.15) is 0 Å². The van der Waals surface area contributed by atoms with Crippen molar-refractivity contribution in [3.8, 4) is 0 Å². The van der Waals surface area contributed by atoms with Crippen LogP contribution >= 0.6 is 0 Å². The fourth-order valence-electron chi connectivity index (χ4n) is 5.57. The second kappa shape index (κ2) is 9.58. The average molecular weight is 531 g/mol. The molecular weight excluding hydrogens is 488 g/mol. The molecule has 0 aromatic heterocycles. The van der Waals surface area contributed by atoms with Crippen LogP contribution in [0.5, 0.6) is 0 Å². The maximum absolute atomic E-state index is 13.2. The van der Waals surface area contributed by atoms with Gasteiger partial charge in [0.15, 0.2) is 19.7 Å². The van der Waals surface area contributed by atoms with E-state index in [-0.39, 0.29) is 33.8 Å². The van der Waals surface area contributed by atoms with E-state index in [9.17, 15) is 16.8 Å². The van der Waals surface area contributed by atoms with Crippen molar-refractivity contribution in [1.29, 1.82) is 0 Å². The van der Waals surface area contributed by atoms with Crippen LogP contribution in [0.4, 0.5) is 0 Å². The smallest absolute Gasteiger partial charge is 0.154 e. The molecule has 2 bridgehead atoms. The van der Waals surface area contributed by atoms with Crippen molar-refractivity contribution in [2.75, 3.05) is 11.5 Å². The molecule has 2 aliphatic rings. The Morgan fingerprint density at radius 2 is 0.917 bits per heavy atom. The quantitative estimate of drug-likeness (QED) is 0.420. The number of hydrogen-bond acceptors (Lipinski definition) is 4. The standard InChI is InChI=1S/C30H42O4S2/c1-29(2,3)25-15-21-14-22-16-26(30(4,5)6)18-24-20-36(33,34)13-9-7-8-12-35(31,32)19-23(17-25)27(21)10-11-28(22)24/h15-18H,7-14,19-20H2,1-6H3. The highest BCUT2D eigenvalue weighted by molar-refractivity contribution is 7.90. The van der Waals surface area contributed by atoms with Crippen LogP contribution in [0.2, 0.25) is 0 Å². The van der Waals surface area contributed by atoms with Crippen molar-refractivity contribution in [2.45, 2.75) is 102 Å². The van der Waals surface area contributed by atoms with Gasteiger partial charge in [0.2, 0.25) is 0 Å². The molecule has 198 valence electrons. The summed E-state index contributed by atoms with van der Waals surface area (Å²) in [6.07, 6.45) is 3.80. The molecule has 36 heavy (non-hydrogen) atoms. The maximum atomic E-state index is 13.2. The van der Waals surface area contributed by atoms with E-state index in [0.717, 1.165) is 46.2 Å². The molecule has 0 radical (unpaired) electrons. The van der Waals surface area contributed by atoms with Gasteiger partial charge in [0, 0.05) is 0 Å². The molecule has 1 heterocycles. The van der Waals surface area contributed by atoms with E-state index in [1.807, 2.05) is 0 Å². The van der Waals surface area contributed by atoms with Crippen LogP contribution in [0.3, 0.4) is 0 Å². The number of fused-ring (bicyclic) bond motifs is 1. The highest BCUT2D eigenvalue weighted by Gasteiger charge is 2.28. The fraction of sp³-hybridized carbons (Fsp3) is 0.600. The molecule has 2 aromatic rings. The Labute approximate surface area is 218 Å². The molecular formula is C30H42O4S2. The minimum Gasteiger partial charge on any atom is -0.228 e. The monoisotopic (exact) mass is 530 g/mol. The van der Waals surface area contributed by atoms with Crippen LogP contribution < -0.4 is 0 Å². The normalized spacial score (nSPS) is 20.3. The largest absolute Gasteiger partial charge is 0.228 e. The summed E-state index contributed by atoms with van der Waals surface area (Å²) in [5.74, 6) is 0.348. The third kappa shape index (κ3) is 6.24. The summed E-state index contributed by atoms with van der Waals surface area (Å²) in [6.45, 7) is 13.0.